The van der Waals surface area contributed by atoms with Crippen LogP contribution < -0.4 is 16.0 Å². The second-order valence-corrected chi connectivity index (χ2v) is 4.42. The fourth-order valence-electron chi connectivity index (χ4n) is 1.47. The summed E-state index contributed by atoms with van der Waals surface area (Å²) in [7, 11) is 3.24. The summed E-state index contributed by atoms with van der Waals surface area (Å²) in [6.45, 7) is 6.39. The van der Waals surface area contributed by atoms with Crippen molar-refractivity contribution in [3.8, 4) is 0 Å². The van der Waals surface area contributed by atoms with Gasteiger partial charge < -0.3 is 30.2 Å². The van der Waals surface area contributed by atoms with Gasteiger partial charge in [0.15, 0.2) is 5.96 Å². The number of carbonyl (C=O) groups excluding carboxylic acids is 1. The van der Waals surface area contributed by atoms with Crippen LogP contribution in [0.1, 0.15) is 13.3 Å². The number of aliphatic imine (C=N–C) groups is 1. The first kappa shape index (κ1) is 20.6. The summed E-state index contributed by atoms with van der Waals surface area (Å²) in [6, 6.07) is 0. The lowest BCUT2D eigenvalue weighted by Gasteiger charge is -2.11. The quantitative estimate of drug-likeness (QED) is 0.238. The van der Waals surface area contributed by atoms with Crippen molar-refractivity contribution in [3.63, 3.8) is 0 Å². The zero-order chi connectivity index (χ0) is 16.5. The van der Waals surface area contributed by atoms with E-state index in [-0.39, 0.29) is 12.5 Å². The Morgan fingerprint density at radius 2 is 1.73 bits per heavy atom. The molecule has 0 bridgehead atoms. The lowest BCUT2D eigenvalue weighted by molar-refractivity contribution is -0.119. The van der Waals surface area contributed by atoms with Crippen molar-refractivity contribution in [1.82, 2.24) is 16.0 Å². The standard InChI is InChI=1S/C14H30N4O4/c1-4-15-14(17-6-5-8-22-11-10-21-3)18-12-13(19)16-7-9-20-2/h4-12H2,1-3H3,(H,16,19)(H2,15,17,18). The smallest absolute Gasteiger partial charge is 0.241 e. The molecule has 0 radical (unpaired) electrons. The molecule has 0 aliphatic carbocycles. The molecule has 0 aromatic carbocycles. The van der Waals surface area contributed by atoms with Crippen LogP contribution in [-0.4, -0.2) is 78.7 Å². The van der Waals surface area contributed by atoms with Crippen LogP contribution in [0.5, 0.6) is 0 Å². The zero-order valence-corrected chi connectivity index (χ0v) is 13.9. The van der Waals surface area contributed by atoms with Gasteiger partial charge in [-0.2, -0.15) is 0 Å². The number of hydrogen-bond donors (Lipinski definition) is 3. The van der Waals surface area contributed by atoms with Crippen LogP contribution in [-0.2, 0) is 19.0 Å². The Hall–Kier alpha value is -1.38. The van der Waals surface area contributed by atoms with Gasteiger partial charge in [-0.05, 0) is 13.3 Å². The van der Waals surface area contributed by atoms with E-state index in [1.807, 2.05) is 6.92 Å². The number of rotatable bonds is 13. The predicted molar refractivity (Wildman–Crippen MR) is 86.2 cm³/mol. The number of carbonyl (C=O) groups is 1. The van der Waals surface area contributed by atoms with E-state index in [0.717, 1.165) is 19.5 Å². The van der Waals surface area contributed by atoms with Gasteiger partial charge in [-0.25, -0.2) is 4.99 Å². The Kier molecular flexibility index (Phi) is 15.0. The van der Waals surface area contributed by atoms with Crippen molar-refractivity contribution >= 4 is 11.9 Å². The molecular formula is C14H30N4O4. The maximum atomic E-state index is 11.5. The Bertz CT molecular complexity index is 301. The molecule has 0 heterocycles. The number of ether oxygens (including phenoxy) is 3. The lowest BCUT2D eigenvalue weighted by atomic mass is 10.4. The Morgan fingerprint density at radius 3 is 2.41 bits per heavy atom. The molecule has 0 saturated carbocycles. The predicted octanol–water partition coefficient (Wildman–Crippen LogP) is -0.643. The summed E-state index contributed by atoms with van der Waals surface area (Å²) in [5, 5.41) is 8.97. The van der Waals surface area contributed by atoms with Crippen LogP contribution in [0.2, 0.25) is 0 Å². The van der Waals surface area contributed by atoms with Crippen LogP contribution in [0.4, 0.5) is 0 Å². The minimum absolute atomic E-state index is 0.0867. The molecule has 1 amide bonds. The summed E-state index contributed by atoms with van der Waals surface area (Å²) in [5.74, 6) is 0.499. The molecule has 0 unspecified atom stereocenters. The van der Waals surface area contributed by atoms with Crippen LogP contribution in [0, 0.1) is 0 Å². The van der Waals surface area contributed by atoms with Gasteiger partial charge in [-0.1, -0.05) is 0 Å². The van der Waals surface area contributed by atoms with E-state index < -0.39 is 0 Å². The highest BCUT2D eigenvalue weighted by atomic mass is 16.5. The topological polar surface area (TPSA) is 93.2 Å². The molecule has 0 aliphatic heterocycles. The third-order valence-electron chi connectivity index (χ3n) is 2.54. The van der Waals surface area contributed by atoms with Crippen LogP contribution in [0.15, 0.2) is 4.99 Å². The highest BCUT2D eigenvalue weighted by molar-refractivity contribution is 5.84. The monoisotopic (exact) mass is 318 g/mol. The number of methoxy groups -OCH3 is 2. The minimum atomic E-state index is -0.128. The molecule has 0 saturated heterocycles. The molecule has 8 nitrogen and oxygen atoms in total. The van der Waals surface area contributed by atoms with Gasteiger partial charge in [0.1, 0.15) is 6.54 Å². The first-order valence-electron chi connectivity index (χ1n) is 7.59. The molecule has 0 aromatic heterocycles. The van der Waals surface area contributed by atoms with Gasteiger partial charge in [0.25, 0.3) is 0 Å². The fraction of sp³-hybridized carbons (Fsp3) is 0.857. The summed E-state index contributed by atoms with van der Waals surface area (Å²) in [4.78, 5) is 15.8. The van der Waals surface area contributed by atoms with Gasteiger partial charge in [-0.3, -0.25) is 4.79 Å². The maximum absolute atomic E-state index is 11.5. The molecule has 8 heteroatoms. The van der Waals surface area contributed by atoms with Crippen LogP contribution in [0.3, 0.4) is 0 Å². The second kappa shape index (κ2) is 16.0. The minimum Gasteiger partial charge on any atom is -0.383 e. The molecule has 0 atom stereocenters. The molecule has 0 fully saturated rings. The van der Waals surface area contributed by atoms with Crippen molar-refractivity contribution in [2.75, 3.05) is 66.8 Å². The number of nitrogens with zero attached hydrogens (tertiary/aromatic N) is 1. The van der Waals surface area contributed by atoms with Crippen molar-refractivity contribution < 1.29 is 19.0 Å². The summed E-state index contributed by atoms with van der Waals surface area (Å²) in [5.41, 5.74) is 0. The van der Waals surface area contributed by atoms with Crippen LogP contribution >= 0.6 is 0 Å². The number of guanidine groups is 1. The lowest BCUT2D eigenvalue weighted by Crippen LogP contribution is -2.39. The largest absolute Gasteiger partial charge is 0.383 e. The van der Waals surface area contributed by atoms with E-state index in [9.17, 15) is 4.79 Å². The first-order valence-corrected chi connectivity index (χ1v) is 7.59. The van der Waals surface area contributed by atoms with Crippen LogP contribution in [0.25, 0.3) is 0 Å². The summed E-state index contributed by atoms with van der Waals surface area (Å²) < 4.78 is 15.1. The van der Waals surface area contributed by atoms with Crippen molar-refractivity contribution in [1.29, 1.82) is 0 Å². The van der Waals surface area contributed by atoms with Gasteiger partial charge in [0.2, 0.25) is 5.91 Å². The molecule has 0 rings (SSSR count). The SMILES string of the molecule is CCNC(=NCC(=O)NCCOC)NCCCOCCOC. The second-order valence-electron chi connectivity index (χ2n) is 4.42. The first-order chi connectivity index (χ1) is 10.7. The Morgan fingerprint density at radius 1 is 0.955 bits per heavy atom. The highest BCUT2D eigenvalue weighted by Crippen LogP contribution is 1.83. The number of nitrogens with one attached hydrogen (secondary N) is 3. The zero-order valence-electron chi connectivity index (χ0n) is 13.9. The summed E-state index contributed by atoms with van der Waals surface area (Å²) >= 11 is 0. The van der Waals surface area contributed by atoms with Crippen molar-refractivity contribution in [2.45, 2.75) is 13.3 Å². The van der Waals surface area contributed by atoms with E-state index in [0.29, 0.717) is 38.9 Å². The Labute approximate surface area is 133 Å². The normalized spacial score (nSPS) is 11.3. The molecule has 3 N–H and O–H groups in total. The molecule has 0 aromatic rings. The van der Waals surface area contributed by atoms with Gasteiger partial charge in [0.05, 0.1) is 19.8 Å². The maximum Gasteiger partial charge on any atom is 0.241 e. The van der Waals surface area contributed by atoms with E-state index in [2.05, 4.69) is 20.9 Å². The van der Waals surface area contributed by atoms with Gasteiger partial charge in [-0.15, -0.1) is 0 Å². The molecular weight excluding hydrogens is 288 g/mol. The van der Waals surface area contributed by atoms with Crippen molar-refractivity contribution in [3.05, 3.63) is 0 Å². The molecule has 22 heavy (non-hydrogen) atoms. The third-order valence-corrected chi connectivity index (χ3v) is 2.54. The molecule has 130 valence electrons. The van der Waals surface area contributed by atoms with Crippen molar-refractivity contribution in [2.24, 2.45) is 4.99 Å². The Balaban J connectivity index is 3.83. The third kappa shape index (κ3) is 13.6. The summed E-state index contributed by atoms with van der Waals surface area (Å²) in [6.07, 6.45) is 0.855. The van der Waals surface area contributed by atoms with Gasteiger partial charge >= 0.3 is 0 Å². The number of hydrogen-bond acceptors (Lipinski definition) is 5. The average Bonchev–Trinajstić information content (AvgIpc) is 2.52. The van der Waals surface area contributed by atoms with Gasteiger partial charge in [0, 0.05) is 40.5 Å². The molecule has 0 spiro atoms. The fourth-order valence-corrected chi connectivity index (χ4v) is 1.47. The number of amides is 1. The average molecular weight is 318 g/mol. The van der Waals surface area contributed by atoms with E-state index in [1.165, 1.54) is 0 Å². The van der Waals surface area contributed by atoms with E-state index >= 15 is 0 Å². The highest BCUT2D eigenvalue weighted by Gasteiger charge is 2.01. The van der Waals surface area contributed by atoms with E-state index in [4.69, 9.17) is 14.2 Å². The van der Waals surface area contributed by atoms with E-state index in [1.54, 1.807) is 14.2 Å². The molecule has 0 aliphatic rings.